The van der Waals surface area contributed by atoms with Crippen LogP contribution in [0.3, 0.4) is 0 Å². The molecule has 110 valence electrons. The van der Waals surface area contributed by atoms with Crippen molar-refractivity contribution >= 4 is 36.2 Å². The van der Waals surface area contributed by atoms with Crippen molar-refractivity contribution < 1.29 is 0 Å². The van der Waals surface area contributed by atoms with Gasteiger partial charge in [0.25, 0.3) is 0 Å². The fourth-order valence-corrected chi connectivity index (χ4v) is 2.53. The van der Waals surface area contributed by atoms with Crippen LogP contribution in [-0.2, 0) is 20.0 Å². The summed E-state index contributed by atoms with van der Waals surface area (Å²) >= 11 is 0. The third-order valence-electron chi connectivity index (χ3n) is 3.52. The molecule has 1 aromatic heterocycles. The molecule has 3 rings (SSSR count). The smallest absolute Gasteiger partial charge is 0.146 e. The minimum Gasteiger partial charge on any atom is -0.398 e. The number of fused-ring (bicyclic) bond motifs is 1. The Morgan fingerprint density at radius 2 is 2.10 bits per heavy atom. The highest BCUT2D eigenvalue weighted by Crippen LogP contribution is 2.31. The Hall–Kier alpha value is -1.46. The summed E-state index contributed by atoms with van der Waals surface area (Å²) in [4.78, 5) is 6.62. The van der Waals surface area contributed by atoms with Gasteiger partial charge < -0.3 is 10.6 Å². The third-order valence-corrected chi connectivity index (χ3v) is 3.52. The molecule has 1 aromatic carbocycles. The summed E-state index contributed by atoms with van der Waals surface area (Å²) in [6.45, 7) is 1.83. The first-order valence-electron chi connectivity index (χ1n) is 6.21. The van der Waals surface area contributed by atoms with Crippen molar-refractivity contribution in [2.24, 2.45) is 7.05 Å². The number of nitrogens with zero attached hydrogens (tertiary/aromatic N) is 4. The predicted molar refractivity (Wildman–Crippen MR) is 85.7 cm³/mol. The molecule has 2 heterocycles. The lowest BCUT2D eigenvalue weighted by atomic mass is 10.00. The van der Waals surface area contributed by atoms with Crippen LogP contribution in [0.4, 0.5) is 11.4 Å². The van der Waals surface area contributed by atoms with E-state index in [0.717, 1.165) is 37.4 Å². The van der Waals surface area contributed by atoms with E-state index < -0.39 is 0 Å². The Bertz CT molecular complexity index is 570. The SMILES string of the molecule is Cl.Cl.Cn1ncnc1CN1CCCc2c(N)cccc21. The standard InChI is InChI=1S/C13H17N5.2ClH/c1-17-13(15-9-16-17)8-18-7-3-4-10-11(14)5-2-6-12(10)18;;/h2,5-6,9H,3-4,7-8,14H2,1H3;2*1H. The van der Waals surface area contributed by atoms with Gasteiger partial charge >= 0.3 is 0 Å². The first-order chi connectivity index (χ1) is 8.75. The lowest BCUT2D eigenvalue weighted by molar-refractivity contribution is 0.636. The summed E-state index contributed by atoms with van der Waals surface area (Å²) < 4.78 is 1.82. The van der Waals surface area contributed by atoms with Gasteiger partial charge in [-0.1, -0.05) is 6.07 Å². The maximum Gasteiger partial charge on any atom is 0.146 e. The maximum absolute atomic E-state index is 6.05. The van der Waals surface area contributed by atoms with Gasteiger partial charge in [0.15, 0.2) is 0 Å². The van der Waals surface area contributed by atoms with Crippen molar-refractivity contribution in [3.63, 3.8) is 0 Å². The Morgan fingerprint density at radius 1 is 1.30 bits per heavy atom. The van der Waals surface area contributed by atoms with Gasteiger partial charge in [0.05, 0.1) is 6.54 Å². The summed E-state index contributed by atoms with van der Waals surface area (Å²) in [5.74, 6) is 0.977. The van der Waals surface area contributed by atoms with Crippen molar-refractivity contribution in [1.82, 2.24) is 14.8 Å². The first-order valence-corrected chi connectivity index (χ1v) is 6.21. The number of aromatic nitrogens is 3. The summed E-state index contributed by atoms with van der Waals surface area (Å²) in [6, 6.07) is 6.13. The topological polar surface area (TPSA) is 60.0 Å². The Labute approximate surface area is 131 Å². The highest BCUT2D eigenvalue weighted by Gasteiger charge is 2.19. The summed E-state index contributed by atoms with van der Waals surface area (Å²) in [6.07, 6.45) is 3.80. The molecule has 1 aliphatic heterocycles. The fourth-order valence-electron chi connectivity index (χ4n) is 2.53. The number of hydrogen-bond donors (Lipinski definition) is 1. The van der Waals surface area contributed by atoms with Crippen molar-refractivity contribution in [3.8, 4) is 0 Å². The Kier molecular flexibility index (Phi) is 5.65. The second-order valence-corrected chi connectivity index (χ2v) is 4.67. The van der Waals surface area contributed by atoms with Crippen LogP contribution in [0.25, 0.3) is 0 Å². The van der Waals surface area contributed by atoms with Gasteiger partial charge in [-0.3, -0.25) is 4.68 Å². The zero-order chi connectivity index (χ0) is 12.5. The monoisotopic (exact) mass is 315 g/mol. The molecule has 0 aliphatic carbocycles. The van der Waals surface area contributed by atoms with E-state index in [9.17, 15) is 0 Å². The highest BCUT2D eigenvalue weighted by atomic mass is 35.5. The molecule has 0 amide bonds. The number of hydrogen-bond acceptors (Lipinski definition) is 4. The quantitative estimate of drug-likeness (QED) is 0.863. The zero-order valence-electron chi connectivity index (χ0n) is 11.3. The average molecular weight is 316 g/mol. The van der Waals surface area contributed by atoms with Crippen LogP contribution in [0.2, 0.25) is 0 Å². The molecular weight excluding hydrogens is 297 g/mol. The molecule has 0 saturated heterocycles. The fraction of sp³-hybridized carbons (Fsp3) is 0.385. The zero-order valence-corrected chi connectivity index (χ0v) is 13.0. The minimum atomic E-state index is 0. The molecule has 0 atom stereocenters. The molecule has 2 N–H and O–H groups in total. The molecule has 0 fully saturated rings. The molecule has 1 aliphatic rings. The Morgan fingerprint density at radius 3 is 2.80 bits per heavy atom. The number of aryl methyl sites for hydroxylation is 1. The van der Waals surface area contributed by atoms with Crippen molar-refractivity contribution in [2.45, 2.75) is 19.4 Å². The molecule has 7 heteroatoms. The molecule has 5 nitrogen and oxygen atoms in total. The normalized spacial score (nSPS) is 13.2. The van der Waals surface area contributed by atoms with Crippen LogP contribution in [0.15, 0.2) is 24.5 Å². The van der Waals surface area contributed by atoms with E-state index in [-0.39, 0.29) is 24.8 Å². The molecule has 2 aromatic rings. The van der Waals surface area contributed by atoms with Crippen LogP contribution < -0.4 is 10.6 Å². The molecule has 20 heavy (non-hydrogen) atoms. The highest BCUT2D eigenvalue weighted by molar-refractivity contribution is 5.85. The second-order valence-electron chi connectivity index (χ2n) is 4.67. The summed E-state index contributed by atoms with van der Waals surface area (Å²) in [7, 11) is 1.92. The van der Waals surface area contributed by atoms with Gasteiger partial charge in [0.2, 0.25) is 0 Å². The van der Waals surface area contributed by atoms with Crippen LogP contribution in [0.5, 0.6) is 0 Å². The van der Waals surface area contributed by atoms with Crippen LogP contribution >= 0.6 is 24.8 Å². The second kappa shape index (κ2) is 6.81. The van der Waals surface area contributed by atoms with Crippen molar-refractivity contribution in [2.75, 3.05) is 17.2 Å². The van der Waals surface area contributed by atoms with Gasteiger partial charge in [-0.2, -0.15) is 5.10 Å². The summed E-state index contributed by atoms with van der Waals surface area (Å²) in [5.41, 5.74) is 9.45. The molecular formula is C13H19Cl2N5. The first kappa shape index (κ1) is 16.6. The van der Waals surface area contributed by atoms with Crippen molar-refractivity contribution in [1.29, 1.82) is 0 Å². The average Bonchev–Trinajstić information content (AvgIpc) is 2.77. The Balaban J connectivity index is 0.000001000. The van der Waals surface area contributed by atoms with Gasteiger partial charge in [0, 0.05) is 25.0 Å². The predicted octanol–water partition coefficient (Wildman–Crippen LogP) is 2.19. The van der Waals surface area contributed by atoms with Gasteiger partial charge in [-0.25, -0.2) is 4.98 Å². The molecule has 0 saturated carbocycles. The van der Waals surface area contributed by atoms with E-state index in [0.29, 0.717) is 0 Å². The number of benzene rings is 1. The van der Waals surface area contributed by atoms with E-state index in [4.69, 9.17) is 5.73 Å². The van der Waals surface area contributed by atoms with Gasteiger partial charge in [-0.15, -0.1) is 24.8 Å². The van der Waals surface area contributed by atoms with Crippen molar-refractivity contribution in [3.05, 3.63) is 35.9 Å². The van der Waals surface area contributed by atoms with Crippen LogP contribution in [-0.4, -0.2) is 21.3 Å². The molecule has 0 unspecified atom stereocenters. The number of nitrogen functional groups attached to an aromatic ring is 1. The lowest BCUT2D eigenvalue weighted by Gasteiger charge is -2.31. The van der Waals surface area contributed by atoms with Crippen LogP contribution in [0.1, 0.15) is 17.8 Å². The third kappa shape index (κ3) is 2.99. The van der Waals surface area contributed by atoms with Gasteiger partial charge in [0.1, 0.15) is 12.2 Å². The van der Waals surface area contributed by atoms with E-state index in [1.54, 1.807) is 6.33 Å². The number of halogens is 2. The largest absolute Gasteiger partial charge is 0.398 e. The minimum absolute atomic E-state index is 0. The van der Waals surface area contributed by atoms with E-state index in [2.05, 4.69) is 21.0 Å². The van der Waals surface area contributed by atoms with E-state index >= 15 is 0 Å². The molecule has 0 spiro atoms. The number of nitrogens with two attached hydrogens (primary N) is 1. The number of rotatable bonds is 2. The van der Waals surface area contributed by atoms with Gasteiger partial charge in [-0.05, 0) is 30.5 Å². The van der Waals surface area contributed by atoms with E-state index in [1.165, 1.54) is 11.3 Å². The number of anilines is 2. The molecule has 0 radical (unpaired) electrons. The van der Waals surface area contributed by atoms with Crippen LogP contribution in [0, 0.1) is 0 Å². The van der Waals surface area contributed by atoms with E-state index in [1.807, 2.05) is 23.9 Å². The summed E-state index contributed by atoms with van der Waals surface area (Å²) in [5, 5.41) is 4.11. The molecule has 0 bridgehead atoms. The maximum atomic E-state index is 6.05. The lowest BCUT2D eigenvalue weighted by Crippen LogP contribution is -2.30.